The van der Waals surface area contributed by atoms with Crippen molar-refractivity contribution in [3.05, 3.63) is 35.4 Å². The number of benzene rings is 1. The molecule has 0 amide bonds. The molecule has 1 unspecified atom stereocenters. The third kappa shape index (κ3) is 7.58. The maximum Gasteiger partial charge on any atom is 0.211 e. The predicted octanol–water partition coefficient (Wildman–Crippen LogP) is 3.20. The van der Waals surface area contributed by atoms with Crippen molar-refractivity contribution in [3.63, 3.8) is 0 Å². The minimum absolute atomic E-state index is 0. The van der Waals surface area contributed by atoms with Crippen LogP contribution < -0.4 is 10.5 Å². The van der Waals surface area contributed by atoms with E-state index < -0.39 is 10.0 Å². The number of hydrogen-bond acceptors (Lipinski definition) is 3. The summed E-state index contributed by atoms with van der Waals surface area (Å²) in [6.45, 7) is 8.53. The van der Waals surface area contributed by atoms with Gasteiger partial charge in [-0.2, -0.15) is 0 Å². The van der Waals surface area contributed by atoms with E-state index in [9.17, 15) is 8.42 Å². The fourth-order valence-electron chi connectivity index (χ4n) is 1.93. The summed E-state index contributed by atoms with van der Waals surface area (Å²) in [6.07, 6.45) is 0.660. The summed E-state index contributed by atoms with van der Waals surface area (Å²) in [4.78, 5) is 0. The molecule has 0 fully saturated rings. The molecule has 0 bridgehead atoms. The number of sulfonamides is 1. The second-order valence-corrected chi connectivity index (χ2v) is 8.20. The van der Waals surface area contributed by atoms with Gasteiger partial charge in [0.05, 0.1) is 5.75 Å². The minimum atomic E-state index is -3.23. The summed E-state index contributed by atoms with van der Waals surface area (Å²) < 4.78 is 26.3. The maximum atomic E-state index is 11.8. The lowest BCUT2D eigenvalue weighted by molar-refractivity contribution is 0.555. The van der Waals surface area contributed by atoms with E-state index in [1.807, 2.05) is 38.1 Å². The lowest BCUT2D eigenvalue weighted by Crippen LogP contribution is -2.33. The highest BCUT2D eigenvalue weighted by atomic mass is 35.5. The summed E-state index contributed by atoms with van der Waals surface area (Å²) in [5.74, 6) is 1.01. The zero-order valence-corrected chi connectivity index (χ0v) is 15.5. The van der Waals surface area contributed by atoms with Gasteiger partial charge in [0.1, 0.15) is 0 Å². The van der Waals surface area contributed by atoms with E-state index in [1.54, 1.807) is 0 Å². The molecule has 22 heavy (non-hydrogen) atoms. The Kier molecular flexibility index (Phi) is 9.24. The Morgan fingerprint density at radius 2 is 1.55 bits per heavy atom. The van der Waals surface area contributed by atoms with Crippen LogP contribution in [0.1, 0.15) is 57.2 Å². The number of rotatable bonds is 8. The molecule has 0 spiro atoms. The molecular weight excluding hydrogens is 320 g/mol. The van der Waals surface area contributed by atoms with E-state index in [4.69, 9.17) is 5.73 Å². The molecule has 0 aliphatic rings. The lowest BCUT2D eigenvalue weighted by atomic mass is 9.99. The quantitative estimate of drug-likeness (QED) is 0.757. The normalized spacial score (nSPS) is 13.2. The highest BCUT2D eigenvalue weighted by Crippen LogP contribution is 2.17. The first kappa shape index (κ1) is 21.4. The first-order valence-corrected chi connectivity index (χ1v) is 9.19. The van der Waals surface area contributed by atoms with Gasteiger partial charge in [-0.25, -0.2) is 13.1 Å². The molecule has 0 heterocycles. The Morgan fingerprint density at radius 3 is 2.00 bits per heavy atom. The van der Waals surface area contributed by atoms with Crippen LogP contribution in [0.4, 0.5) is 0 Å². The third-order valence-corrected chi connectivity index (χ3v) is 4.90. The Labute approximate surface area is 141 Å². The van der Waals surface area contributed by atoms with Crippen molar-refractivity contribution in [2.45, 2.75) is 46.1 Å². The van der Waals surface area contributed by atoms with Crippen LogP contribution >= 0.6 is 12.4 Å². The topological polar surface area (TPSA) is 72.2 Å². The smallest absolute Gasteiger partial charge is 0.211 e. The van der Waals surface area contributed by atoms with Crippen molar-refractivity contribution in [1.29, 1.82) is 0 Å². The molecule has 0 saturated carbocycles. The van der Waals surface area contributed by atoms with Gasteiger partial charge in [-0.3, -0.25) is 0 Å². The summed E-state index contributed by atoms with van der Waals surface area (Å²) in [7, 11) is -3.23. The maximum absolute atomic E-state index is 11.8. The summed E-state index contributed by atoms with van der Waals surface area (Å²) in [5, 5.41) is 0. The van der Waals surface area contributed by atoms with Gasteiger partial charge in [0.2, 0.25) is 10.0 Å². The van der Waals surface area contributed by atoms with Crippen LogP contribution in [0.3, 0.4) is 0 Å². The van der Waals surface area contributed by atoms with Gasteiger partial charge in [0, 0.05) is 12.6 Å². The van der Waals surface area contributed by atoms with Gasteiger partial charge >= 0.3 is 0 Å². The molecule has 1 rings (SSSR count). The predicted molar refractivity (Wildman–Crippen MR) is 96.0 cm³/mol. The third-order valence-electron chi connectivity index (χ3n) is 3.52. The lowest BCUT2D eigenvalue weighted by Gasteiger charge is -2.15. The first-order valence-electron chi connectivity index (χ1n) is 7.54. The zero-order chi connectivity index (χ0) is 16.0. The second-order valence-electron chi connectivity index (χ2n) is 6.28. The molecule has 0 aliphatic heterocycles. The summed E-state index contributed by atoms with van der Waals surface area (Å²) >= 11 is 0. The number of halogens is 1. The van der Waals surface area contributed by atoms with Gasteiger partial charge < -0.3 is 5.73 Å². The number of nitrogens with one attached hydrogen (secondary N) is 1. The fourth-order valence-corrected chi connectivity index (χ4v) is 3.29. The van der Waals surface area contributed by atoms with Crippen molar-refractivity contribution >= 4 is 22.4 Å². The molecule has 1 aromatic rings. The molecule has 0 radical (unpaired) electrons. The second kappa shape index (κ2) is 9.50. The van der Waals surface area contributed by atoms with E-state index >= 15 is 0 Å². The SMILES string of the molecule is CC(C)CCS(=O)(=O)NCC(N)c1ccc(C(C)C)cc1.Cl. The van der Waals surface area contributed by atoms with Crippen molar-refractivity contribution in [2.75, 3.05) is 12.3 Å². The zero-order valence-electron chi connectivity index (χ0n) is 13.9. The van der Waals surface area contributed by atoms with Crippen LogP contribution in [-0.2, 0) is 10.0 Å². The van der Waals surface area contributed by atoms with Crippen molar-refractivity contribution in [3.8, 4) is 0 Å². The molecule has 1 aromatic carbocycles. The Hall–Kier alpha value is -0.620. The fraction of sp³-hybridized carbons (Fsp3) is 0.625. The Bertz CT molecular complexity index is 528. The van der Waals surface area contributed by atoms with E-state index in [0.29, 0.717) is 18.3 Å². The average molecular weight is 349 g/mol. The standard InChI is InChI=1S/C16H28N2O2S.ClH/c1-12(2)9-10-21(19,20)18-11-16(17)15-7-5-14(6-8-15)13(3)4;/h5-8,12-13,16,18H,9-11,17H2,1-4H3;1H. The van der Waals surface area contributed by atoms with Gasteiger partial charge in [0.25, 0.3) is 0 Å². The number of nitrogens with two attached hydrogens (primary N) is 1. The van der Waals surface area contributed by atoms with E-state index in [2.05, 4.69) is 18.6 Å². The van der Waals surface area contributed by atoms with Crippen molar-refractivity contribution in [2.24, 2.45) is 11.7 Å². The van der Waals surface area contributed by atoms with Crippen LogP contribution in [0, 0.1) is 5.92 Å². The van der Waals surface area contributed by atoms with Crippen LogP contribution in [0.5, 0.6) is 0 Å². The summed E-state index contributed by atoms with van der Waals surface area (Å²) in [5.41, 5.74) is 8.26. The highest BCUT2D eigenvalue weighted by molar-refractivity contribution is 7.89. The minimum Gasteiger partial charge on any atom is -0.323 e. The van der Waals surface area contributed by atoms with Crippen molar-refractivity contribution < 1.29 is 8.42 Å². The van der Waals surface area contributed by atoms with Gasteiger partial charge in [-0.05, 0) is 29.4 Å². The molecule has 0 saturated heterocycles. The average Bonchev–Trinajstić information content (AvgIpc) is 2.43. The molecule has 4 nitrogen and oxygen atoms in total. The van der Waals surface area contributed by atoms with E-state index in [1.165, 1.54) is 5.56 Å². The molecule has 3 N–H and O–H groups in total. The molecule has 6 heteroatoms. The molecule has 1 atom stereocenters. The molecular formula is C16H29ClN2O2S. The molecule has 0 aliphatic carbocycles. The van der Waals surface area contributed by atoms with Gasteiger partial charge in [-0.1, -0.05) is 52.0 Å². The van der Waals surface area contributed by atoms with E-state index in [0.717, 1.165) is 5.56 Å². The van der Waals surface area contributed by atoms with Crippen molar-refractivity contribution in [1.82, 2.24) is 4.72 Å². The van der Waals surface area contributed by atoms with Crippen LogP contribution in [0.25, 0.3) is 0 Å². The highest BCUT2D eigenvalue weighted by Gasteiger charge is 2.14. The van der Waals surface area contributed by atoms with Gasteiger partial charge in [0.15, 0.2) is 0 Å². The largest absolute Gasteiger partial charge is 0.323 e. The Balaban J connectivity index is 0.00000441. The van der Waals surface area contributed by atoms with Gasteiger partial charge in [-0.15, -0.1) is 12.4 Å². The van der Waals surface area contributed by atoms with E-state index in [-0.39, 0.29) is 30.7 Å². The van der Waals surface area contributed by atoms with Crippen LogP contribution in [0.15, 0.2) is 24.3 Å². The van der Waals surface area contributed by atoms with Crippen LogP contribution in [0.2, 0.25) is 0 Å². The summed E-state index contributed by atoms with van der Waals surface area (Å²) in [6, 6.07) is 7.73. The monoisotopic (exact) mass is 348 g/mol. The number of hydrogen-bond donors (Lipinski definition) is 2. The van der Waals surface area contributed by atoms with Crippen LogP contribution in [-0.4, -0.2) is 20.7 Å². The molecule has 128 valence electrons. The molecule has 0 aromatic heterocycles. The first-order chi connectivity index (χ1) is 9.71. The Morgan fingerprint density at radius 1 is 1.05 bits per heavy atom.